The van der Waals surface area contributed by atoms with Gasteiger partial charge in [0, 0.05) is 17.5 Å². The summed E-state index contributed by atoms with van der Waals surface area (Å²) in [7, 11) is 0. The smallest absolute Gasteiger partial charge is 0.162 e. The van der Waals surface area contributed by atoms with E-state index in [4.69, 9.17) is 5.26 Å². The van der Waals surface area contributed by atoms with E-state index in [9.17, 15) is 14.3 Å². The molecule has 0 aliphatic heterocycles. The van der Waals surface area contributed by atoms with Crippen molar-refractivity contribution in [2.24, 2.45) is 40.4 Å². The maximum Gasteiger partial charge on any atom is 0.162 e. The van der Waals surface area contributed by atoms with Gasteiger partial charge in [-0.25, -0.2) is 0 Å². The second kappa shape index (κ2) is 7.65. The van der Waals surface area contributed by atoms with Gasteiger partial charge in [-0.3, -0.25) is 13.9 Å². The Morgan fingerprint density at radius 1 is 1.22 bits per heavy atom. The summed E-state index contributed by atoms with van der Waals surface area (Å²) in [4.78, 5) is 13.3. The van der Waals surface area contributed by atoms with E-state index >= 15 is 0 Å². The van der Waals surface area contributed by atoms with Gasteiger partial charge in [0.05, 0.1) is 18.8 Å². The fourth-order valence-electron chi connectivity index (χ4n) is 8.80. The first kappa shape index (κ1) is 22.1. The maximum atomic E-state index is 14.8. The number of carbonyl (C=O) groups is 1. The predicted octanol–water partition coefficient (Wildman–Crippen LogP) is 4.68. The second-order valence-electron chi connectivity index (χ2n) is 11.9. The minimum absolute atomic E-state index is 0.0199. The fraction of sp³-hybridized carbons (Fsp3) is 0.808. The average molecular weight is 442 g/mol. The molecule has 0 aromatic carbocycles. The van der Waals surface area contributed by atoms with Gasteiger partial charge in [0.1, 0.15) is 6.07 Å². The largest absolute Gasteiger partial charge is 0.390 e. The number of fused-ring (bicyclic) bond motifs is 5. The van der Waals surface area contributed by atoms with Crippen molar-refractivity contribution in [3.05, 3.63) is 18.0 Å². The fourth-order valence-corrected chi connectivity index (χ4v) is 8.80. The van der Waals surface area contributed by atoms with Crippen LogP contribution < -0.4 is 0 Å². The van der Waals surface area contributed by atoms with E-state index in [2.05, 4.69) is 12.0 Å². The van der Waals surface area contributed by atoms with E-state index in [1.54, 1.807) is 16.9 Å². The normalized spacial score (nSPS) is 45.4. The molecule has 8 atom stereocenters. The van der Waals surface area contributed by atoms with Gasteiger partial charge in [-0.2, -0.15) is 10.4 Å². The van der Waals surface area contributed by atoms with Crippen LogP contribution in [0.15, 0.2) is 12.3 Å². The Hall–Kier alpha value is -1.74. The number of carbonyl (C=O) groups excluding carboxylic acids is 1. The zero-order chi connectivity index (χ0) is 22.7. The first-order valence-corrected chi connectivity index (χ1v) is 12.5. The summed E-state index contributed by atoms with van der Waals surface area (Å²) in [6, 6.07) is 3.67. The Bertz CT molecular complexity index is 936. The highest BCUT2D eigenvalue weighted by Crippen LogP contribution is 2.68. The molecule has 0 radical (unpaired) electrons. The zero-order valence-corrected chi connectivity index (χ0v) is 19.4. The summed E-state index contributed by atoms with van der Waals surface area (Å²) in [5, 5.41) is 23.8. The Kier molecular flexibility index (Phi) is 5.28. The van der Waals surface area contributed by atoms with Crippen LogP contribution >= 0.6 is 0 Å². The molecular formula is C26H36FN3O2. The lowest BCUT2D eigenvalue weighted by molar-refractivity contribution is -0.163. The Balaban J connectivity index is 1.35. The molecule has 1 heterocycles. The number of Topliss-reactive ketones (excluding diaryl/α,β-unsaturated/α-hetero) is 1. The molecule has 5 nitrogen and oxygen atoms in total. The predicted molar refractivity (Wildman–Crippen MR) is 118 cm³/mol. The molecule has 4 fully saturated rings. The van der Waals surface area contributed by atoms with Crippen molar-refractivity contribution in [2.45, 2.75) is 83.8 Å². The lowest BCUT2D eigenvalue weighted by Gasteiger charge is -2.62. The van der Waals surface area contributed by atoms with Crippen LogP contribution in [0.2, 0.25) is 0 Å². The van der Waals surface area contributed by atoms with Crippen molar-refractivity contribution in [1.82, 2.24) is 9.78 Å². The van der Waals surface area contributed by atoms with Crippen LogP contribution in [0.25, 0.3) is 0 Å². The first-order chi connectivity index (χ1) is 15.2. The Morgan fingerprint density at radius 2 is 2.03 bits per heavy atom. The zero-order valence-electron chi connectivity index (χ0n) is 19.4. The van der Waals surface area contributed by atoms with Crippen LogP contribution in [0.3, 0.4) is 0 Å². The lowest BCUT2D eigenvalue weighted by atomic mass is 9.43. The molecule has 174 valence electrons. The molecule has 1 N–H and O–H groups in total. The van der Waals surface area contributed by atoms with Gasteiger partial charge in [-0.1, -0.05) is 6.92 Å². The molecule has 32 heavy (non-hydrogen) atoms. The summed E-state index contributed by atoms with van der Waals surface area (Å²) >= 11 is 0. The van der Waals surface area contributed by atoms with E-state index in [-0.39, 0.29) is 41.7 Å². The van der Waals surface area contributed by atoms with Gasteiger partial charge in [-0.05, 0) is 99.9 Å². The summed E-state index contributed by atoms with van der Waals surface area (Å²) in [5.74, 6) is 1.90. The number of halogens is 1. The van der Waals surface area contributed by atoms with Crippen molar-refractivity contribution in [3.63, 3.8) is 0 Å². The van der Waals surface area contributed by atoms with Crippen LogP contribution in [0.1, 0.15) is 77.3 Å². The Morgan fingerprint density at radius 3 is 2.75 bits per heavy atom. The molecule has 0 unspecified atom stereocenters. The van der Waals surface area contributed by atoms with Gasteiger partial charge in [0.25, 0.3) is 0 Å². The maximum absolute atomic E-state index is 14.8. The summed E-state index contributed by atoms with van der Waals surface area (Å²) in [6.45, 7) is 4.20. The first-order valence-electron chi connectivity index (χ1n) is 12.5. The van der Waals surface area contributed by atoms with Crippen molar-refractivity contribution < 1.29 is 14.3 Å². The lowest BCUT2D eigenvalue weighted by Crippen LogP contribution is -2.57. The van der Waals surface area contributed by atoms with Gasteiger partial charge in [0.15, 0.2) is 11.5 Å². The van der Waals surface area contributed by atoms with E-state index in [1.807, 2.05) is 13.0 Å². The summed E-state index contributed by atoms with van der Waals surface area (Å²) < 4.78 is 16.4. The molecule has 5 rings (SSSR count). The number of ketones is 1. The number of aliphatic hydroxyl groups is 1. The number of nitrogens with zero attached hydrogens (tertiary/aromatic N) is 3. The summed E-state index contributed by atoms with van der Waals surface area (Å²) in [5.41, 5.74) is -0.596. The standard InChI is InChI=1S/C26H36FN3O2/c1-24(32)10-11-26(16-27)17(13-24)3-4-19-20-5-6-22(25(20,2)9-7-21(19)26)23(31)15-30-12-8-18(14-28)29-30/h8,12,17,19-22,32H,3-7,9-11,13,15-16H2,1-2H3/t17-,19+,20+,21+,22-,24-,25+,26-/m1/s1. The van der Waals surface area contributed by atoms with Gasteiger partial charge < -0.3 is 5.11 Å². The molecule has 0 spiro atoms. The third kappa shape index (κ3) is 3.26. The molecule has 6 heteroatoms. The number of hydrogen-bond acceptors (Lipinski definition) is 4. The number of nitriles is 1. The van der Waals surface area contributed by atoms with Crippen LogP contribution in [0, 0.1) is 51.8 Å². The van der Waals surface area contributed by atoms with Crippen LogP contribution in [-0.2, 0) is 11.3 Å². The highest BCUT2D eigenvalue weighted by atomic mass is 19.1. The molecule has 4 saturated carbocycles. The Labute approximate surface area is 190 Å². The molecule has 0 amide bonds. The SMILES string of the molecule is C[C@@]1(O)CC[C@@]2(CF)[C@H](CC[C@H]3[C@@H]4CC[C@H](C(=O)Cn5ccc(C#N)n5)[C@@]4(C)CC[C@@H]32)C1. The van der Waals surface area contributed by atoms with Crippen LogP contribution in [-0.4, -0.2) is 32.9 Å². The van der Waals surface area contributed by atoms with E-state index in [1.165, 1.54) is 0 Å². The highest BCUT2D eigenvalue weighted by Gasteiger charge is 2.63. The van der Waals surface area contributed by atoms with Gasteiger partial charge >= 0.3 is 0 Å². The quantitative estimate of drug-likeness (QED) is 0.736. The molecule has 4 aliphatic rings. The number of rotatable bonds is 4. The van der Waals surface area contributed by atoms with E-state index < -0.39 is 5.60 Å². The average Bonchev–Trinajstić information content (AvgIpc) is 3.36. The minimum Gasteiger partial charge on any atom is -0.390 e. The molecule has 0 bridgehead atoms. The van der Waals surface area contributed by atoms with Crippen molar-refractivity contribution in [1.29, 1.82) is 5.26 Å². The molecule has 1 aromatic heterocycles. The third-order valence-electron chi connectivity index (χ3n) is 10.4. The minimum atomic E-state index is -0.651. The van der Waals surface area contributed by atoms with Gasteiger partial charge in [-0.15, -0.1) is 0 Å². The van der Waals surface area contributed by atoms with Crippen LogP contribution in [0.5, 0.6) is 0 Å². The van der Waals surface area contributed by atoms with Crippen molar-refractivity contribution in [3.8, 4) is 6.07 Å². The number of alkyl halides is 1. The number of aromatic nitrogens is 2. The molecule has 4 aliphatic carbocycles. The monoisotopic (exact) mass is 441 g/mol. The van der Waals surface area contributed by atoms with Crippen molar-refractivity contribution in [2.75, 3.05) is 6.67 Å². The molecular weight excluding hydrogens is 405 g/mol. The number of hydrogen-bond donors (Lipinski definition) is 1. The van der Waals surface area contributed by atoms with E-state index in [0.717, 1.165) is 51.4 Å². The second-order valence-corrected chi connectivity index (χ2v) is 11.9. The highest BCUT2D eigenvalue weighted by molar-refractivity contribution is 5.82. The van der Waals surface area contributed by atoms with Gasteiger partial charge in [0.2, 0.25) is 0 Å². The third-order valence-corrected chi connectivity index (χ3v) is 10.4. The van der Waals surface area contributed by atoms with Crippen molar-refractivity contribution >= 4 is 5.78 Å². The summed E-state index contributed by atoms with van der Waals surface area (Å²) in [6.07, 6.45) is 10.0. The topological polar surface area (TPSA) is 78.9 Å². The van der Waals surface area contributed by atoms with E-state index in [0.29, 0.717) is 29.9 Å². The molecule has 1 aromatic rings. The van der Waals surface area contributed by atoms with Crippen LogP contribution in [0.4, 0.5) is 4.39 Å². The molecule has 0 saturated heterocycles.